The maximum absolute atomic E-state index is 12.3. The smallest absolute Gasteiger partial charge is 0.550 e. The molecule has 5 heteroatoms. The van der Waals surface area contributed by atoms with Gasteiger partial charge in [-0.1, -0.05) is 36.8 Å². The monoisotopic (exact) mass is 323 g/mol. The van der Waals surface area contributed by atoms with Crippen LogP contribution in [0.15, 0.2) is 30.3 Å². The average molecular weight is 323 g/mol. The van der Waals surface area contributed by atoms with E-state index in [9.17, 15) is 14.7 Å². The molecule has 3 rings (SSSR count). The number of hydrogen-bond acceptors (Lipinski definition) is 3. The van der Waals surface area contributed by atoms with Crippen LogP contribution in [0.2, 0.25) is 0 Å². The molecule has 0 heterocycles. The summed E-state index contributed by atoms with van der Waals surface area (Å²) in [6.07, 6.45) is 4.43. The summed E-state index contributed by atoms with van der Waals surface area (Å²) in [5.41, 5.74) is 1.26. The van der Waals surface area contributed by atoms with E-state index in [-0.39, 0.29) is 35.5 Å². The van der Waals surface area contributed by atoms with Gasteiger partial charge in [-0.05, 0) is 37.2 Å². The number of nitrogens with one attached hydrogen (secondary N) is 1. The number of hydrogen-bond donors (Lipinski definition) is 1. The number of carboxylic acid groups (broad SMARTS) is 1. The van der Waals surface area contributed by atoms with Gasteiger partial charge in [0.1, 0.15) is 0 Å². The molecule has 3 unspecified atom stereocenters. The van der Waals surface area contributed by atoms with Crippen molar-refractivity contribution in [2.45, 2.75) is 38.0 Å². The minimum absolute atomic E-state index is 0. The van der Waals surface area contributed by atoms with Gasteiger partial charge in [-0.3, -0.25) is 4.79 Å². The fourth-order valence-electron chi connectivity index (χ4n) is 3.65. The number of rotatable bonds is 6. The summed E-state index contributed by atoms with van der Waals surface area (Å²) in [7, 11) is 0. The average Bonchev–Trinajstić information content (AvgIpc) is 3.23. The number of aliphatic carboxylic acids is 1. The van der Waals surface area contributed by atoms with Gasteiger partial charge in [0.25, 0.3) is 0 Å². The van der Waals surface area contributed by atoms with Crippen molar-refractivity contribution in [1.29, 1.82) is 0 Å². The molecule has 3 atom stereocenters. The molecule has 0 aliphatic heterocycles. The Kier molecular flexibility index (Phi) is 6.69. The van der Waals surface area contributed by atoms with E-state index >= 15 is 0 Å². The van der Waals surface area contributed by atoms with E-state index in [0.29, 0.717) is 31.2 Å². The van der Waals surface area contributed by atoms with E-state index in [1.807, 2.05) is 18.2 Å². The summed E-state index contributed by atoms with van der Waals surface area (Å²) < 4.78 is 0. The van der Waals surface area contributed by atoms with Crippen molar-refractivity contribution in [1.82, 2.24) is 5.32 Å². The first-order valence-electron chi connectivity index (χ1n) is 8.20. The largest absolute Gasteiger partial charge is 1.00 e. The predicted octanol–water partition coefficient (Wildman–Crippen LogP) is -1.53. The molecule has 2 aliphatic rings. The van der Waals surface area contributed by atoms with E-state index in [1.165, 1.54) is 18.4 Å². The number of benzene rings is 1. The van der Waals surface area contributed by atoms with Crippen LogP contribution >= 0.6 is 0 Å². The molecule has 118 valence electrons. The second kappa shape index (κ2) is 8.32. The van der Waals surface area contributed by atoms with Crippen LogP contribution in [0.3, 0.4) is 0 Å². The van der Waals surface area contributed by atoms with Crippen molar-refractivity contribution in [2.24, 2.45) is 17.8 Å². The first-order valence-corrected chi connectivity index (χ1v) is 8.20. The van der Waals surface area contributed by atoms with Crippen LogP contribution in [0.25, 0.3) is 0 Å². The number of amides is 1. The molecule has 0 saturated heterocycles. The molecule has 1 N–H and O–H groups in total. The molecule has 1 aromatic rings. The molecule has 0 spiro atoms. The van der Waals surface area contributed by atoms with Gasteiger partial charge >= 0.3 is 29.6 Å². The first-order chi connectivity index (χ1) is 10.7. The third kappa shape index (κ3) is 4.59. The van der Waals surface area contributed by atoms with Gasteiger partial charge in [0.05, 0.1) is 0 Å². The van der Waals surface area contributed by atoms with Crippen molar-refractivity contribution in [3.05, 3.63) is 35.9 Å². The molecule has 1 amide bonds. The van der Waals surface area contributed by atoms with Gasteiger partial charge in [0, 0.05) is 30.3 Å². The molecule has 2 fully saturated rings. The molecule has 2 aliphatic carbocycles. The maximum Gasteiger partial charge on any atom is 1.00 e. The minimum Gasteiger partial charge on any atom is -0.550 e. The number of carbonyl (C=O) groups excluding carboxylic acids is 2. The van der Waals surface area contributed by atoms with Gasteiger partial charge < -0.3 is 15.2 Å². The Morgan fingerprint density at radius 2 is 1.74 bits per heavy atom. The molecular weight excluding hydrogens is 301 g/mol. The van der Waals surface area contributed by atoms with Gasteiger partial charge in [-0.25, -0.2) is 0 Å². The van der Waals surface area contributed by atoms with Crippen LogP contribution in [0, 0.1) is 17.8 Å². The van der Waals surface area contributed by atoms with E-state index < -0.39 is 17.8 Å². The Bertz CT molecular complexity index is 544. The Balaban J connectivity index is 0.00000192. The molecule has 0 radical (unpaired) electrons. The summed E-state index contributed by atoms with van der Waals surface area (Å²) >= 11 is 0. The van der Waals surface area contributed by atoms with Crippen LogP contribution < -0.4 is 40.0 Å². The Morgan fingerprint density at radius 1 is 1.09 bits per heavy atom. The van der Waals surface area contributed by atoms with Gasteiger partial charge in [0.15, 0.2) is 0 Å². The maximum atomic E-state index is 12.3. The van der Waals surface area contributed by atoms with E-state index in [2.05, 4.69) is 17.4 Å². The summed E-state index contributed by atoms with van der Waals surface area (Å²) in [6.45, 7) is 0.601. The fourth-order valence-corrected chi connectivity index (χ4v) is 3.65. The van der Waals surface area contributed by atoms with Crippen LogP contribution in [0.5, 0.6) is 0 Å². The fraction of sp³-hybridized carbons (Fsp3) is 0.556. The SMILES string of the molecule is O=C([O-])C1CCCC1C(=O)NCC(c1ccccc1)C1CC1.[Na+]. The zero-order chi connectivity index (χ0) is 15.5. The molecular formula is C18H22NNaO3. The third-order valence-electron chi connectivity index (χ3n) is 5.07. The molecule has 23 heavy (non-hydrogen) atoms. The van der Waals surface area contributed by atoms with E-state index in [1.54, 1.807) is 0 Å². The third-order valence-corrected chi connectivity index (χ3v) is 5.07. The molecule has 4 nitrogen and oxygen atoms in total. The van der Waals surface area contributed by atoms with Crippen LogP contribution in [0.1, 0.15) is 43.6 Å². The van der Waals surface area contributed by atoms with Crippen LogP contribution in [0.4, 0.5) is 0 Å². The zero-order valence-electron chi connectivity index (χ0n) is 13.7. The topological polar surface area (TPSA) is 69.2 Å². The summed E-state index contributed by atoms with van der Waals surface area (Å²) in [4.78, 5) is 23.4. The van der Waals surface area contributed by atoms with Crippen molar-refractivity contribution in [2.75, 3.05) is 6.54 Å². The number of carbonyl (C=O) groups is 2. The van der Waals surface area contributed by atoms with Gasteiger partial charge in [0.2, 0.25) is 5.91 Å². The van der Waals surface area contributed by atoms with Crippen LogP contribution in [-0.4, -0.2) is 18.4 Å². The molecule has 2 saturated carbocycles. The Morgan fingerprint density at radius 3 is 2.35 bits per heavy atom. The van der Waals surface area contributed by atoms with Crippen molar-refractivity contribution >= 4 is 11.9 Å². The zero-order valence-corrected chi connectivity index (χ0v) is 15.7. The van der Waals surface area contributed by atoms with Crippen molar-refractivity contribution in [3.8, 4) is 0 Å². The summed E-state index contributed by atoms with van der Waals surface area (Å²) in [5, 5.41) is 14.1. The summed E-state index contributed by atoms with van der Waals surface area (Å²) in [5.74, 6) is -1.25. The molecule has 0 bridgehead atoms. The predicted molar refractivity (Wildman–Crippen MR) is 80.8 cm³/mol. The molecule has 1 aromatic carbocycles. The number of carboxylic acids is 1. The van der Waals surface area contributed by atoms with E-state index in [0.717, 1.165) is 6.42 Å². The standard InChI is InChI=1S/C18H23NO3.Na/c20-17(14-7-4-8-15(14)18(21)22)19-11-16(13-9-10-13)12-5-2-1-3-6-12;/h1-3,5-6,13-16H,4,7-11H2,(H,19,20)(H,21,22);/q;+1/p-1. The Labute approximate surface area is 159 Å². The quantitative estimate of drug-likeness (QED) is 0.646. The van der Waals surface area contributed by atoms with Crippen LogP contribution in [-0.2, 0) is 9.59 Å². The van der Waals surface area contributed by atoms with Crippen molar-refractivity contribution in [3.63, 3.8) is 0 Å². The van der Waals surface area contributed by atoms with Gasteiger partial charge in [-0.15, -0.1) is 0 Å². The first kappa shape index (κ1) is 18.5. The second-order valence-corrected chi connectivity index (χ2v) is 6.56. The molecule has 0 aromatic heterocycles. The minimum atomic E-state index is -1.08. The van der Waals surface area contributed by atoms with Gasteiger partial charge in [-0.2, -0.15) is 0 Å². The Hall–Kier alpha value is -0.840. The second-order valence-electron chi connectivity index (χ2n) is 6.56. The van der Waals surface area contributed by atoms with E-state index in [4.69, 9.17) is 0 Å². The summed E-state index contributed by atoms with van der Waals surface area (Å²) in [6, 6.07) is 10.3. The normalized spacial score (nSPS) is 24.5. The van der Waals surface area contributed by atoms with Crippen molar-refractivity contribution < 1.29 is 44.3 Å².